The van der Waals surface area contributed by atoms with Crippen LogP contribution in [0, 0.1) is 0 Å². The molecule has 2 aromatic carbocycles. The second-order valence-corrected chi connectivity index (χ2v) is 5.47. The molecule has 23 heavy (non-hydrogen) atoms. The highest BCUT2D eigenvalue weighted by molar-refractivity contribution is 5.91. The van der Waals surface area contributed by atoms with E-state index in [2.05, 4.69) is 5.32 Å². The molecular weight excluding hydrogens is 290 g/mol. The van der Waals surface area contributed by atoms with Crippen molar-refractivity contribution in [3.63, 3.8) is 0 Å². The third-order valence-electron chi connectivity index (χ3n) is 3.79. The summed E-state index contributed by atoms with van der Waals surface area (Å²) in [6.45, 7) is 0.869. The van der Waals surface area contributed by atoms with Crippen molar-refractivity contribution < 1.29 is 14.6 Å². The number of hydrogen-bond donors (Lipinski definition) is 2. The summed E-state index contributed by atoms with van der Waals surface area (Å²) >= 11 is 0. The first-order valence-corrected chi connectivity index (χ1v) is 7.67. The van der Waals surface area contributed by atoms with E-state index in [0.29, 0.717) is 6.61 Å². The van der Waals surface area contributed by atoms with Gasteiger partial charge in [-0.05, 0) is 34.9 Å². The molecule has 4 nitrogen and oxygen atoms in total. The average Bonchev–Trinajstić information content (AvgIpc) is 3.06. The molecule has 0 saturated heterocycles. The molecule has 0 aromatic heterocycles. The fourth-order valence-electron chi connectivity index (χ4n) is 2.52. The third-order valence-corrected chi connectivity index (χ3v) is 3.79. The smallest absolute Gasteiger partial charge is 0.244 e. The lowest BCUT2D eigenvalue weighted by Crippen LogP contribution is -2.26. The van der Waals surface area contributed by atoms with E-state index in [-0.39, 0.29) is 12.5 Å². The first-order chi connectivity index (χ1) is 11.2. The highest BCUT2D eigenvalue weighted by atomic mass is 16.5. The zero-order valence-corrected chi connectivity index (χ0v) is 12.7. The maximum Gasteiger partial charge on any atom is 0.244 e. The molecule has 3 rings (SSSR count). The normalized spacial score (nSPS) is 14.3. The van der Waals surface area contributed by atoms with Crippen LogP contribution in [-0.4, -0.2) is 24.2 Å². The van der Waals surface area contributed by atoms with Crippen molar-refractivity contribution in [1.82, 2.24) is 5.32 Å². The van der Waals surface area contributed by atoms with Crippen molar-refractivity contribution in [3.05, 3.63) is 71.3 Å². The topological polar surface area (TPSA) is 58.6 Å². The van der Waals surface area contributed by atoms with Crippen molar-refractivity contribution in [2.75, 3.05) is 13.2 Å². The Morgan fingerprint density at radius 3 is 2.91 bits per heavy atom. The number of nitrogens with one attached hydrogen (secondary N) is 1. The molecule has 118 valence electrons. The standard InChI is InChI=1S/C19H19NO3/c21-17(15-7-8-18-16(12-15)10-11-23-18)13-20-19(22)9-6-14-4-2-1-3-5-14/h1-9,12,17,21H,10-11,13H2,(H,20,22)/b9-6+. The van der Waals surface area contributed by atoms with Crippen molar-refractivity contribution in [1.29, 1.82) is 0 Å². The summed E-state index contributed by atoms with van der Waals surface area (Å²) < 4.78 is 5.44. The molecule has 1 heterocycles. The Labute approximate surface area is 135 Å². The van der Waals surface area contributed by atoms with Crippen LogP contribution in [-0.2, 0) is 11.2 Å². The van der Waals surface area contributed by atoms with Gasteiger partial charge in [-0.15, -0.1) is 0 Å². The summed E-state index contributed by atoms with van der Waals surface area (Å²) in [5, 5.41) is 12.9. The van der Waals surface area contributed by atoms with E-state index in [1.807, 2.05) is 48.5 Å². The molecule has 0 fully saturated rings. The Morgan fingerprint density at radius 1 is 1.26 bits per heavy atom. The highest BCUT2D eigenvalue weighted by Gasteiger charge is 2.15. The van der Waals surface area contributed by atoms with Gasteiger partial charge in [-0.3, -0.25) is 4.79 Å². The number of benzene rings is 2. The van der Waals surface area contributed by atoms with E-state index in [1.54, 1.807) is 6.08 Å². The first-order valence-electron chi connectivity index (χ1n) is 7.67. The number of ether oxygens (including phenoxy) is 1. The quantitative estimate of drug-likeness (QED) is 0.834. The number of rotatable bonds is 5. The lowest BCUT2D eigenvalue weighted by Gasteiger charge is -2.12. The Balaban J connectivity index is 1.53. The van der Waals surface area contributed by atoms with Gasteiger partial charge in [-0.1, -0.05) is 36.4 Å². The van der Waals surface area contributed by atoms with Gasteiger partial charge in [0.1, 0.15) is 5.75 Å². The van der Waals surface area contributed by atoms with Crippen LogP contribution in [0.25, 0.3) is 6.08 Å². The molecule has 1 aliphatic heterocycles. The number of carbonyl (C=O) groups is 1. The van der Waals surface area contributed by atoms with Crippen LogP contribution < -0.4 is 10.1 Å². The molecule has 1 atom stereocenters. The second-order valence-electron chi connectivity index (χ2n) is 5.47. The Morgan fingerprint density at radius 2 is 2.09 bits per heavy atom. The maximum absolute atomic E-state index is 11.8. The fourth-order valence-corrected chi connectivity index (χ4v) is 2.52. The molecule has 0 saturated carbocycles. The van der Waals surface area contributed by atoms with Gasteiger partial charge in [-0.2, -0.15) is 0 Å². The molecule has 2 N–H and O–H groups in total. The van der Waals surface area contributed by atoms with E-state index < -0.39 is 6.10 Å². The molecular formula is C19H19NO3. The first kappa shape index (κ1) is 15.3. The number of hydrogen-bond acceptors (Lipinski definition) is 3. The predicted molar refractivity (Wildman–Crippen MR) is 89.1 cm³/mol. The summed E-state index contributed by atoms with van der Waals surface area (Å²) in [4.78, 5) is 11.8. The largest absolute Gasteiger partial charge is 0.493 e. The third kappa shape index (κ3) is 3.99. The minimum absolute atomic E-state index is 0.178. The van der Waals surface area contributed by atoms with Crippen LogP contribution >= 0.6 is 0 Å². The highest BCUT2D eigenvalue weighted by Crippen LogP contribution is 2.27. The van der Waals surface area contributed by atoms with E-state index >= 15 is 0 Å². The number of aliphatic hydroxyl groups excluding tert-OH is 1. The van der Waals surface area contributed by atoms with Gasteiger partial charge >= 0.3 is 0 Å². The van der Waals surface area contributed by atoms with E-state index in [1.165, 1.54) is 6.08 Å². The lowest BCUT2D eigenvalue weighted by atomic mass is 10.0. The fraction of sp³-hybridized carbons (Fsp3) is 0.211. The Kier molecular flexibility index (Phi) is 4.74. The lowest BCUT2D eigenvalue weighted by molar-refractivity contribution is -0.116. The SMILES string of the molecule is O=C(/C=C/c1ccccc1)NCC(O)c1ccc2c(c1)CCO2. The van der Waals surface area contributed by atoms with Crippen molar-refractivity contribution in [2.24, 2.45) is 0 Å². The van der Waals surface area contributed by atoms with Crippen molar-refractivity contribution in [3.8, 4) is 5.75 Å². The maximum atomic E-state index is 11.8. The van der Waals surface area contributed by atoms with Gasteiger partial charge in [0, 0.05) is 19.0 Å². The summed E-state index contributed by atoms with van der Waals surface area (Å²) in [7, 11) is 0. The number of fused-ring (bicyclic) bond motifs is 1. The molecule has 1 aliphatic rings. The minimum Gasteiger partial charge on any atom is -0.493 e. The van der Waals surface area contributed by atoms with Gasteiger partial charge in [0.15, 0.2) is 0 Å². The molecule has 4 heteroatoms. The van der Waals surface area contributed by atoms with Crippen molar-refractivity contribution >= 4 is 12.0 Å². The average molecular weight is 309 g/mol. The van der Waals surface area contributed by atoms with Gasteiger partial charge < -0.3 is 15.2 Å². The zero-order chi connectivity index (χ0) is 16.1. The van der Waals surface area contributed by atoms with Crippen LogP contribution in [0.3, 0.4) is 0 Å². The summed E-state index contributed by atoms with van der Waals surface area (Å²) in [6.07, 6.45) is 3.35. The van der Waals surface area contributed by atoms with E-state index in [4.69, 9.17) is 4.74 Å². The summed E-state index contributed by atoms with van der Waals surface area (Å²) in [6, 6.07) is 15.3. The van der Waals surface area contributed by atoms with Crippen LogP contribution in [0.4, 0.5) is 0 Å². The zero-order valence-electron chi connectivity index (χ0n) is 12.7. The molecule has 0 radical (unpaired) electrons. The Hall–Kier alpha value is -2.59. The second kappa shape index (κ2) is 7.11. The molecule has 2 aromatic rings. The van der Waals surface area contributed by atoms with Gasteiger partial charge in [0.2, 0.25) is 5.91 Å². The van der Waals surface area contributed by atoms with Gasteiger partial charge in [0.25, 0.3) is 0 Å². The van der Waals surface area contributed by atoms with Gasteiger partial charge in [0.05, 0.1) is 12.7 Å². The molecule has 1 unspecified atom stereocenters. The van der Waals surface area contributed by atoms with Gasteiger partial charge in [-0.25, -0.2) is 0 Å². The molecule has 1 amide bonds. The minimum atomic E-state index is -0.727. The Bertz CT molecular complexity index is 710. The van der Waals surface area contributed by atoms with Crippen LogP contribution in [0.2, 0.25) is 0 Å². The van der Waals surface area contributed by atoms with E-state index in [9.17, 15) is 9.90 Å². The predicted octanol–water partition coefficient (Wildman–Crippen LogP) is 2.48. The summed E-state index contributed by atoms with van der Waals surface area (Å²) in [5.41, 5.74) is 2.86. The van der Waals surface area contributed by atoms with Crippen LogP contribution in [0.5, 0.6) is 5.75 Å². The monoisotopic (exact) mass is 309 g/mol. The van der Waals surface area contributed by atoms with Crippen LogP contribution in [0.15, 0.2) is 54.6 Å². The number of amides is 1. The molecule has 0 spiro atoms. The summed E-state index contributed by atoms with van der Waals surface area (Å²) in [5.74, 6) is 0.660. The number of carbonyl (C=O) groups excluding carboxylic acids is 1. The van der Waals surface area contributed by atoms with Crippen molar-refractivity contribution in [2.45, 2.75) is 12.5 Å². The van der Waals surface area contributed by atoms with E-state index in [0.717, 1.165) is 28.9 Å². The molecule has 0 bridgehead atoms. The number of aliphatic hydroxyl groups is 1. The molecule has 0 aliphatic carbocycles. The van der Waals surface area contributed by atoms with Crippen LogP contribution in [0.1, 0.15) is 22.8 Å².